The molecule has 4 aromatic rings. The molecule has 0 fully saturated rings. The number of hydrogen-bond donors (Lipinski definition) is 2. The van der Waals surface area contributed by atoms with Gasteiger partial charge in [0.2, 0.25) is 5.52 Å². The zero-order valence-electron chi connectivity index (χ0n) is 14.0. The number of pyridine rings is 2. The second-order valence-electron chi connectivity index (χ2n) is 5.84. The molecule has 25 heavy (non-hydrogen) atoms. The van der Waals surface area contributed by atoms with Gasteiger partial charge in [-0.3, -0.25) is 0 Å². The highest BCUT2D eigenvalue weighted by Crippen LogP contribution is 2.36. The van der Waals surface area contributed by atoms with E-state index >= 15 is 0 Å². The summed E-state index contributed by atoms with van der Waals surface area (Å²) >= 11 is 0. The predicted molar refractivity (Wildman–Crippen MR) is 95.7 cm³/mol. The van der Waals surface area contributed by atoms with Gasteiger partial charge in [0.25, 0.3) is 0 Å². The summed E-state index contributed by atoms with van der Waals surface area (Å²) in [7, 11) is 1.53. The first kappa shape index (κ1) is 15.3. The van der Waals surface area contributed by atoms with Crippen molar-refractivity contribution in [1.29, 1.82) is 0 Å². The summed E-state index contributed by atoms with van der Waals surface area (Å²) < 4.78 is 12.6. The Hall–Kier alpha value is -3.21. The van der Waals surface area contributed by atoms with E-state index in [1.807, 2.05) is 48.0 Å². The average Bonchev–Trinajstić information content (AvgIpc) is 2.62. The van der Waals surface area contributed by atoms with Gasteiger partial charge in [0.1, 0.15) is 0 Å². The van der Waals surface area contributed by atoms with E-state index in [0.717, 1.165) is 21.7 Å². The van der Waals surface area contributed by atoms with Gasteiger partial charge in [-0.2, -0.15) is 4.40 Å². The molecular formula is C20H18NO4+. The maximum absolute atomic E-state index is 10.5. The summed E-state index contributed by atoms with van der Waals surface area (Å²) in [5.41, 5.74) is 0.923. The Bertz CT molecular complexity index is 1120. The van der Waals surface area contributed by atoms with E-state index < -0.39 is 0 Å². The molecular weight excluding hydrogens is 318 g/mol. The molecule has 0 spiro atoms. The van der Waals surface area contributed by atoms with Crippen LogP contribution in [0.4, 0.5) is 0 Å². The molecule has 2 aromatic carbocycles. The number of ether oxygens (including phenoxy) is 2. The topological polar surface area (TPSA) is 63.0 Å². The van der Waals surface area contributed by atoms with Gasteiger partial charge in [0.15, 0.2) is 35.4 Å². The van der Waals surface area contributed by atoms with E-state index in [1.165, 1.54) is 7.11 Å². The summed E-state index contributed by atoms with van der Waals surface area (Å²) in [6, 6.07) is 11.1. The quantitative estimate of drug-likeness (QED) is 0.341. The molecule has 0 saturated carbocycles. The molecule has 0 radical (unpaired) electrons. The van der Waals surface area contributed by atoms with Crippen LogP contribution in [-0.2, 0) is 0 Å². The molecule has 2 aromatic heterocycles. The van der Waals surface area contributed by atoms with Crippen LogP contribution in [0.15, 0.2) is 48.8 Å². The van der Waals surface area contributed by atoms with Crippen LogP contribution in [0, 0.1) is 0 Å². The summed E-state index contributed by atoms with van der Waals surface area (Å²) in [6.45, 7) is 2.37. The first-order valence-electron chi connectivity index (χ1n) is 8.05. The number of phenolic OH excluding ortho intramolecular Hbond substituents is 2. The third kappa shape index (κ3) is 2.36. The molecule has 5 nitrogen and oxygen atoms in total. The summed E-state index contributed by atoms with van der Waals surface area (Å²) in [5, 5.41) is 24.1. The van der Waals surface area contributed by atoms with Crippen molar-refractivity contribution in [2.45, 2.75) is 6.92 Å². The summed E-state index contributed by atoms with van der Waals surface area (Å²) in [6.07, 6.45) is 3.78. The Kier molecular flexibility index (Phi) is 3.50. The monoisotopic (exact) mass is 336 g/mol. The fourth-order valence-electron chi connectivity index (χ4n) is 3.18. The van der Waals surface area contributed by atoms with Gasteiger partial charge in [0.05, 0.1) is 24.5 Å². The zero-order chi connectivity index (χ0) is 17.6. The van der Waals surface area contributed by atoms with Crippen LogP contribution in [0.1, 0.15) is 6.92 Å². The Morgan fingerprint density at radius 3 is 2.52 bits per heavy atom. The van der Waals surface area contributed by atoms with Crippen molar-refractivity contribution in [3.05, 3.63) is 48.8 Å². The van der Waals surface area contributed by atoms with Crippen LogP contribution >= 0.6 is 0 Å². The first-order chi connectivity index (χ1) is 12.1. The molecule has 5 heteroatoms. The number of rotatable bonds is 3. The molecule has 2 N–H and O–H groups in total. The van der Waals surface area contributed by atoms with Gasteiger partial charge < -0.3 is 19.7 Å². The molecule has 0 unspecified atom stereocenters. The molecule has 126 valence electrons. The van der Waals surface area contributed by atoms with E-state index in [4.69, 9.17) is 9.47 Å². The smallest absolute Gasteiger partial charge is 0.219 e. The van der Waals surface area contributed by atoms with Crippen molar-refractivity contribution in [3.8, 4) is 23.0 Å². The zero-order valence-corrected chi connectivity index (χ0v) is 14.0. The van der Waals surface area contributed by atoms with E-state index in [9.17, 15) is 10.2 Å². The van der Waals surface area contributed by atoms with Gasteiger partial charge in [-0.05, 0) is 42.0 Å². The van der Waals surface area contributed by atoms with Crippen LogP contribution in [-0.4, -0.2) is 23.9 Å². The molecule has 0 aliphatic carbocycles. The number of aromatic nitrogens is 1. The normalized spacial score (nSPS) is 11.3. The molecule has 0 saturated heterocycles. The van der Waals surface area contributed by atoms with Gasteiger partial charge in [-0.1, -0.05) is 0 Å². The maximum atomic E-state index is 10.5. The minimum absolute atomic E-state index is 0.0951. The standard InChI is InChI=1S/C20H17NO4/c1-3-25-18-5-4-12-8-16-14-10-17(22)19(24-2)9-13(14)6-7-21(16)11-15(12)20(18)23/h4-11,22H,3H2,1-2H3/p+1. The van der Waals surface area contributed by atoms with Crippen LogP contribution in [0.5, 0.6) is 23.0 Å². The average molecular weight is 336 g/mol. The minimum Gasteiger partial charge on any atom is -0.504 e. The molecule has 0 atom stereocenters. The SMILES string of the molecule is CCOc1ccc2cc3c4cc(O)c(OC)cc4cc[n+]3cc2c1O. The number of fused-ring (bicyclic) bond motifs is 4. The number of aromatic hydroxyl groups is 2. The number of benzene rings is 2. The van der Waals surface area contributed by atoms with Crippen molar-refractivity contribution < 1.29 is 24.1 Å². The van der Waals surface area contributed by atoms with Crippen molar-refractivity contribution in [3.63, 3.8) is 0 Å². The predicted octanol–water partition coefficient (Wildman–Crippen LogP) is 3.55. The van der Waals surface area contributed by atoms with Crippen molar-refractivity contribution in [1.82, 2.24) is 0 Å². The second-order valence-corrected chi connectivity index (χ2v) is 5.84. The lowest BCUT2D eigenvalue weighted by atomic mass is 10.1. The molecule has 0 amide bonds. The van der Waals surface area contributed by atoms with Gasteiger partial charge in [-0.15, -0.1) is 0 Å². The molecule has 0 bridgehead atoms. The molecule has 0 aliphatic rings. The largest absolute Gasteiger partial charge is 0.504 e. The van der Waals surface area contributed by atoms with Crippen LogP contribution < -0.4 is 13.9 Å². The third-order valence-corrected chi connectivity index (χ3v) is 4.39. The Balaban J connectivity index is 2.05. The van der Waals surface area contributed by atoms with E-state index in [-0.39, 0.29) is 11.5 Å². The third-order valence-electron chi connectivity index (χ3n) is 4.39. The Morgan fingerprint density at radius 2 is 1.76 bits per heavy atom. The van der Waals surface area contributed by atoms with Gasteiger partial charge in [-0.25, -0.2) is 0 Å². The lowest BCUT2D eigenvalue weighted by molar-refractivity contribution is -0.509. The lowest BCUT2D eigenvalue weighted by Crippen LogP contribution is -2.20. The molecule has 2 heterocycles. The highest BCUT2D eigenvalue weighted by Gasteiger charge is 2.16. The minimum atomic E-state index is 0.0951. The number of hydrogen-bond acceptors (Lipinski definition) is 4. The highest BCUT2D eigenvalue weighted by molar-refractivity contribution is 6.00. The van der Waals surface area contributed by atoms with E-state index in [2.05, 4.69) is 0 Å². The van der Waals surface area contributed by atoms with Crippen molar-refractivity contribution in [2.75, 3.05) is 13.7 Å². The number of methoxy groups -OCH3 is 1. The van der Waals surface area contributed by atoms with E-state index in [0.29, 0.717) is 23.5 Å². The van der Waals surface area contributed by atoms with Crippen LogP contribution in [0.25, 0.3) is 27.1 Å². The fraction of sp³-hybridized carbons (Fsp3) is 0.150. The molecule has 0 aliphatic heterocycles. The lowest BCUT2D eigenvalue weighted by Gasteiger charge is -2.09. The summed E-state index contributed by atoms with van der Waals surface area (Å²) in [5.74, 6) is 1.14. The van der Waals surface area contributed by atoms with Gasteiger partial charge >= 0.3 is 0 Å². The van der Waals surface area contributed by atoms with E-state index in [1.54, 1.807) is 12.1 Å². The Labute approximate surface area is 144 Å². The summed E-state index contributed by atoms with van der Waals surface area (Å²) in [4.78, 5) is 0. The van der Waals surface area contributed by atoms with Crippen molar-refractivity contribution >= 4 is 27.1 Å². The first-order valence-corrected chi connectivity index (χ1v) is 8.05. The fourth-order valence-corrected chi connectivity index (χ4v) is 3.18. The molecule has 4 rings (SSSR count). The Morgan fingerprint density at radius 1 is 0.960 bits per heavy atom. The van der Waals surface area contributed by atoms with Crippen LogP contribution in [0.2, 0.25) is 0 Å². The second kappa shape index (κ2) is 5.70. The van der Waals surface area contributed by atoms with Crippen molar-refractivity contribution in [2.24, 2.45) is 0 Å². The van der Waals surface area contributed by atoms with Gasteiger partial charge in [0, 0.05) is 12.1 Å². The maximum Gasteiger partial charge on any atom is 0.219 e. The number of nitrogens with zero attached hydrogens (tertiary/aromatic N) is 1. The highest BCUT2D eigenvalue weighted by atomic mass is 16.5. The number of phenols is 2. The van der Waals surface area contributed by atoms with Crippen LogP contribution in [0.3, 0.4) is 0 Å².